The van der Waals surface area contributed by atoms with E-state index in [1.54, 1.807) is 31.2 Å². The standard InChI is InChI=1S/C21H21N5O4S/c1-14(26-13-22-12-23-26)21(28)25-16-4-2-15(3-5-16)24-20(27)11-31-17-6-7-18-19(10-17)30-9-8-29-18/h2-7,10,12-14H,8-9,11H2,1H3,(H,24,27)(H,25,28). The number of aromatic nitrogens is 3. The Morgan fingerprint density at radius 1 is 1.06 bits per heavy atom. The number of benzene rings is 2. The quantitative estimate of drug-likeness (QED) is 0.545. The highest BCUT2D eigenvalue weighted by Crippen LogP contribution is 2.34. The minimum absolute atomic E-state index is 0.128. The lowest BCUT2D eigenvalue weighted by atomic mass is 10.2. The minimum atomic E-state index is -0.487. The molecule has 4 rings (SSSR count). The average molecular weight is 439 g/mol. The third-order valence-corrected chi connectivity index (χ3v) is 5.53. The van der Waals surface area contributed by atoms with Crippen molar-refractivity contribution in [2.45, 2.75) is 17.9 Å². The SMILES string of the molecule is CC(C(=O)Nc1ccc(NC(=O)CSc2ccc3c(c2)OCCO3)cc1)n1cncn1. The number of hydrogen-bond donors (Lipinski definition) is 2. The van der Waals surface area contributed by atoms with E-state index in [9.17, 15) is 9.59 Å². The first kappa shape index (κ1) is 20.7. The molecule has 2 N–H and O–H groups in total. The number of amides is 2. The van der Waals surface area contributed by atoms with Crippen LogP contribution in [0.1, 0.15) is 13.0 Å². The maximum atomic E-state index is 12.3. The highest BCUT2D eigenvalue weighted by molar-refractivity contribution is 8.00. The van der Waals surface area contributed by atoms with E-state index in [0.29, 0.717) is 30.3 Å². The molecule has 0 bridgehead atoms. The number of nitrogens with one attached hydrogen (secondary N) is 2. The van der Waals surface area contributed by atoms with E-state index in [1.165, 1.54) is 29.1 Å². The zero-order valence-electron chi connectivity index (χ0n) is 16.8. The smallest absolute Gasteiger partial charge is 0.249 e. The van der Waals surface area contributed by atoms with Gasteiger partial charge in [-0.25, -0.2) is 9.67 Å². The largest absolute Gasteiger partial charge is 0.486 e. The Labute approximate surface area is 183 Å². The summed E-state index contributed by atoms with van der Waals surface area (Å²) in [4.78, 5) is 29.4. The highest BCUT2D eigenvalue weighted by Gasteiger charge is 2.16. The van der Waals surface area contributed by atoms with E-state index in [-0.39, 0.29) is 17.6 Å². The van der Waals surface area contributed by atoms with Gasteiger partial charge in [0.2, 0.25) is 11.8 Å². The van der Waals surface area contributed by atoms with Crippen LogP contribution in [0.4, 0.5) is 11.4 Å². The van der Waals surface area contributed by atoms with Gasteiger partial charge in [-0.05, 0) is 49.4 Å². The van der Waals surface area contributed by atoms with Crippen molar-refractivity contribution in [3.05, 3.63) is 55.1 Å². The van der Waals surface area contributed by atoms with Gasteiger partial charge in [0, 0.05) is 16.3 Å². The molecule has 3 aromatic rings. The molecule has 9 nitrogen and oxygen atoms in total. The van der Waals surface area contributed by atoms with Crippen molar-refractivity contribution in [1.29, 1.82) is 0 Å². The summed E-state index contributed by atoms with van der Waals surface area (Å²) in [5.41, 5.74) is 1.27. The number of fused-ring (bicyclic) bond motifs is 1. The molecular weight excluding hydrogens is 418 g/mol. The third kappa shape index (κ3) is 5.34. The van der Waals surface area contributed by atoms with Crippen molar-refractivity contribution in [3.63, 3.8) is 0 Å². The number of hydrogen-bond acceptors (Lipinski definition) is 7. The molecule has 1 aromatic heterocycles. The molecule has 1 aliphatic rings. The molecule has 1 unspecified atom stereocenters. The van der Waals surface area contributed by atoms with Gasteiger partial charge >= 0.3 is 0 Å². The molecule has 0 saturated carbocycles. The van der Waals surface area contributed by atoms with E-state index in [1.807, 2.05) is 18.2 Å². The van der Waals surface area contributed by atoms with Gasteiger partial charge < -0.3 is 20.1 Å². The first-order valence-corrected chi connectivity index (χ1v) is 10.6. The van der Waals surface area contributed by atoms with E-state index in [0.717, 1.165) is 10.6 Å². The molecule has 2 amide bonds. The Hall–Kier alpha value is -3.53. The van der Waals surface area contributed by atoms with Gasteiger partial charge in [0.15, 0.2) is 11.5 Å². The van der Waals surface area contributed by atoms with Crippen molar-refractivity contribution in [1.82, 2.24) is 14.8 Å². The second-order valence-electron chi connectivity index (χ2n) is 6.76. The number of rotatable bonds is 7. The lowest BCUT2D eigenvalue weighted by Crippen LogP contribution is -2.24. The summed E-state index contributed by atoms with van der Waals surface area (Å²) in [5.74, 6) is 1.35. The summed E-state index contributed by atoms with van der Waals surface area (Å²) >= 11 is 1.42. The fraction of sp³-hybridized carbons (Fsp3) is 0.238. The summed E-state index contributed by atoms with van der Waals surface area (Å²) in [6, 6.07) is 12.1. The Morgan fingerprint density at radius 3 is 2.48 bits per heavy atom. The minimum Gasteiger partial charge on any atom is -0.486 e. The fourth-order valence-corrected chi connectivity index (χ4v) is 3.61. The van der Waals surface area contributed by atoms with Gasteiger partial charge in [-0.1, -0.05) is 0 Å². The van der Waals surface area contributed by atoms with Gasteiger partial charge in [-0.15, -0.1) is 11.8 Å². The second-order valence-corrected chi connectivity index (χ2v) is 7.81. The number of nitrogens with zero attached hydrogens (tertiary/aromatic N) is 3. The number of ether oxygens (including phenoxy) is 2. The van der Waals surface area contributed by atoms with Crippen molar-refractivity contribution >= 4 is 35.0 Å². The van der Waals surface area contributed by atoms with E-state index >= 15 is 0 Å². The molecule has 10 heteroatoms. The zero-order valence-corrected chi connectivity index (χ0v) is 17.6. The third-order valence-electron chi connectivity index (χ3n) is 4.53. The predicted molar refractivity (Wildman–Crippen MR) is 117 cm³/mol. The Bertz CT molecular complexity index is 1060. The van der Waals surface area contributed by atoms with Crippen LogP contribution in [0.5, 0.6) is 11.5 Å². The first-order chi connectivity index (χ1) is 15.1. The van der Waals surface area contributed by atoms with Crippen LogP contribution in [-0.2, 0) is 9.59 Å². The first-order valence-electron chi connectivity index (χ1n) is 9.66. The lowest BCUT2D eigenvalue weighted by Gasteiger charge is -2.18. The van der Waals surface area contributed by atoms with Crippen molar-refractivity contribution in [2.75, 3.05) is 29.6 Å². The summed E-state index contributed by atoms with van der Waals surface area (Å²) in [6.07, 6.45) is 2.87. The van der Waals surface area contributed by atoms with Crippen LogP contribution in [0.15, 0.2) is 60.0 Å². The molecular formula is C21H21N5O4S. The van der Waals surface area contributed by atoms with Gasteiger partial charge in [0.1, 0.15) is 31.9 Å². The van der Waals surface area contributed by atoms with Gasteiger partial charge in [0.25, 0.3) is 0 Å². The van der Waals surface area contributed by atoms with Gasteiger partial charge in [0.05, 0.1) is 5.75 Å². The van der Waals surface area contributed by atoms with E-state index in [2.05, 4.69) is 20.7 Å². The molecule has 0 aliphatic carbocycles. The molecule has 1 aliphatic heterocycles. The number of carbonyl (C=O) groups excluding carboxylic acids is 2. The summed E-state index contributed by atoms with van der Waals surface area (Å²) < 4.78 is 12.5. The van der Waals surface area contributed by atoms with Crippen molar-refractivity contribution in [2.24, 2.45) is 0 Å². The lowest BCUT2D eigenvalue weighted by molar-refractivity contribution is -0.119. The Balaban J connectivity index is 1.26. The molecule has 1 atom stereocenters. The maximum Gasteiger partial charge on any atom is 0.249 e. The predicted octanol–water partition coefficient (Wildman–Crippen LogP) is 2.98. The molecule has 0 saturated heterocycles. The molecule has 0 spiro atoms. The molecule has 160 valence electrons. The summed E-state index contributed by atoms with van der Waals surface area (Å²) in [5, 5.41) is 9.63. The summed E-state index contributed by atoms with van der Waals surface area (Å²) in [6.45, 7) is 2.81. The van der Waals surface area contributed by atoms with E-state index in [4.69, 9.17) is 9.47 Å². The molecule has 2 aromatic carbocycles. The number of carbonyl (C=O) groups is 2. The molecule has 31 heavy (non-hydrogen) atoms. The Kier molecular flexibility index (Phi) is 6.37. The Morgan fingerprint density at radius 2 is 1.77 bits per heavy atom. The topological polar surface area (TPSA) is 107 Å². The second kappa shape index (κ2) is 9.52. The summed E-state index contributed by atoms with van der Waals surface area (Å²) in [7, 11) is 0. The highest BCUT2D eigenvalue weighted by atomic mass is 32.2. The van der Waals surface area contributed by atoms with Crippen LogP contribution in [0, 0.1) is 0 Å². The van der Waals surface area contributed by atoms with Crippen LogP contribution >= 0.6 is 11.8 Å². The number of anilines is 2. The van der Waals surface area contributed by atoms with Gasteiger partial charge in [-0.2, -0.15) is 5.10 Å². The molecule has 0 fully saturated rings. The van der Waals surface area contributed by atoms with Crippen LogP contribution in [0.3, 0.4) is 0 Å². The average Bonchev–Trinajstić information content (AvgIpc) is 3.33. The molecule has 0 radical (unpaired) electrons. The number of thioether (sulfide) groups is 1. The van der Waals surface area contributed by atoms with Crippen LogP contribution in [0.25, 0.3) is 0 Å². The fourth-order valence-electron chi connectivity index (χ4n) is 2.88. The maximum absolute atomic E-state index is 12.3. The normalized spacial score (nSPS) is 13.3. The van der Waals surface area contributed by atoms with Gasteiger partial charge in [-0.3, -0.25) is 9.59 Å². The van der Waals surface area contributed by atoms with E-state index < -0.39 is 6.04 Å². The van der Waals surface area contributed by atoms with Crippen LogP contribution in [-0.4, -0.2) is 45.5 Å². The zero-order chi connectivity index (χ0) is 21.6. The van der Waals surface area contributed by atoms with Crippen molar-refractivity contribution < 1.29 is 19.1 Å². The van der Waals surface area contributed by atoms with Crippen molar-refractivity contribution in [3.8, 4) is 11.5 Å². The van der Waals surface area contributed by atoms with Crippen LogP contribution < -0.4 is 20.1 Å². The monoisotopic (exact) mass is 439 g/mol. The molecule has 2 heterocycles. The van der Waals surface area contributed by atoms with Crippen LogP contribution in [0.2, 0.25) is 0 Å².